The van der Waals surface area contributed by atoms with Crippen LogP contribution in [0.3, 0.4) is 0 Å². The van der Waals surface area contributed by atoms with E-state index in [0.29, 0.717) is 11.3 Å². The third-order valence-electron chi connectivity index (χ3n) is 2.30. The molecule has 0 bridgehead atoms. The number of rotatable bonds is 2. The van der Waals surface area contributed by atoms with E-state index in [1.807, 2.05) is 13.8 Å². The van der Waals surface area contributed by atoms with Crippen LogP contribution < -0.4 is 0 Å². The van der Waals surface area contributed by atoms with Crippen LogP contribution in [-0.2, 0) is 7.05 Å². The molecule has 0 unspecified atom stereocenters. The van der Waals surface area contributed by atoms with Crippen LogP contribution in [0.5, 0.6) is 0 Å². The van der Waals surface area contributed by atoms with Gasteiger partial charge in [0.15, 0.2) is 5.69 Å². The first-order valence-electron chi connectivity index (χ1n) is 4.70. The highest BCUT2D eigenvalue weighted by Gasteiger charge is 2.20. The van der Waals surface area contributed by atoms with Crippen molar-refractivity contribution in [1.82, 2.24) is 14.8 Å². The maximum absolute atomic E-state index is 11.1. The van der Waals surface area contributed by atoms with Gasteiger partial charge < -0.3 is 5.11 Å². The van der Waals surface area contributed by atoms with E-state index in [0.717, 1.165) is 9.88 Å². The molecule has 6 heteroatoms. The van der Waals surface area contributed by atoms with Gasteiger partial charge in [0, 0.05) is 11.9 Å². The number of nitrogens with zero attached hydrogens (tertiary/aromatic N) is 3. The van der Waals surface area contributed by atoms with Gasteiger partial charge in [-0.05, 0) is 13.8 Å². The number of hydrogen-bond acceptors (Lipinski definition) is 4. The highest BCUT2D eigenvalue weighted by atomic mass is 32.1. The summed E-state index contributed by atoms with van der Waals surface area (Å²) < 4.78 is 1.35. The van der Waals surface area contributed by atoms with Crippen LogP contribution in [0.15, 0.2) is 6.20 Å². The summed E-state index contributed by atoms with van der Waals surface area (Å²) in [5, 5.41) is 14.0. The molecule has 0 radical (unpaired) electrons. The Labute approximate surface area is 96.4 Å². The standard InChI is InChI=1S/C10H11N3O2S/c1-5-8(12-6(2)16-5)7-4-11-13(3)9(7)10(14)15/h4H,1-3H3,(H,14,15). The lowest BCUT2D eigenvalue weighted by Gasteiger charge is -1.99. The van der Waals surface area contributed by atoms with Crippen molar-refractivity contribution in [3.05, 3.63) is 21.8 Å². The van der Waals surface area contributed by atoms with E-state index in [1.165, 1.54) is 4.68 Å². The molecule has 5 nitrogen and oxygen atoms in total. The second-order valence-corrected chi connectivity index (χ2v) is 4.88. The Morgan fingerprint density at radius 2 is 2.19 bits per heavy atom. The predicted molar refractivity (Wildman–Crippen MR) is 60.7 cm³/mol. The summed E-state index contributed by atoms with van der Waals surface area (Å²) in [5.41, 5.74) is 1.47. The summed E-state index contributed by atoms with van der Waals surface area (Å²) in [6.07, 6.45) is 1.55. The summed E-state index contributed by atoms with van der Waals surface area (Å²) >= 11 is 1.55. The second kappa shape index (κ2) is 3.71. The van der Waals surface area contributed by atoms with Gasteiger partial charge in [-0.2, -0.15) is 5.10 Å². The van der Waals surface area contributed by atoms with E-state index in [4.69, 9.17) is 5.11 Å². The van der Waals surface area contributed by atoms with E-state index < -0.39 is 5.97 Å². The summed E-state index contributed by atoms with van der Waals surface area (Å²) in [7, 11) is 1.61. The molecule has 0 fully saturated rings. The average Bonchev–Trinajstić information content (AvgIpc) is 2.69. The van der Waals surface area contributed by atoms with Crippen molar-refractivity contribution >= 4 is 17.3 Å². The second-order valence-electron chi connectivity index (χ2n) is 3.47. The van der Waals surface area contributed by atoms with Gasteiger partial charge in [0.2, 0.25) is 0 Å². The molecule has 1 N–H and O–H groups in total. The molecule has 2 rings (SSSR count). The van der Waals surface area contributed by atoms with Crippen molar-refractivity contribution in [2.75, 3.05) is 0 Å². The molecule has 2 heterocycles. The number of aromatic carboxylic acids is 1. The number of carboxylic acid groups (broad SMARTS) is 1. The molecule has 0 aliphatic carbocycles. The first-order chi connectivity index (χ1) is 7.50. The van der Waals surface area contributed by atoms with Crippen LogP contribution in [0.1, 0.15) is 20.4 Å². The molecule has 0 atom stereocenters. The quantitative estimate of drug-likeness (QED) is 0.865. The SMILES string of the molecule is Cc1nc(-c2cnn(C)c2C(=O)O)c(C)s1. The molecule has 0 spiro atoms. The van der Waals surface area contributed by atoms with E-state index >= 15 is 0 Å². The number of thiazole rings is 1. The lowest BCUT2D eigenvalue weighted by Crippen LogP contribution is -2.07. The van der Waals surface area contributed by atoms with Crippen LogP contribution in [0.4, 0.5) is 0 Å². The minimum absolute atomic E-state index is 0.174. The summed E-state index contributed by atoms with van der Waals surface area (Å²) in [6, 6.07) is 0. The number of carboxylic acids is 1. The van der Waals surface area contributed by atoms with Crippen molar-refractivity contribution in [3.8, 4) is 11.3 Å². The Kier molecular flexibility index (Phi) is 2.51. The first-order valence-corrected chi connectivity index (χ1v) is 5.52. The van der Waals surface area contributed by atoms with Crippen molar-refractivity contribution in [2.45, 2.75) is 13.8 Å². The van der Waals surface area contributed by atoms with Gasteiger partial charge in [0.1, 0.15) is 0 Å². The van der Waals surface area contributed by atoms with Gasteiger partial charge >= 0.3 is 5.97 Å². The summed E-state index contributed by atoms with van der Waals surface area (Å²) in [6.45, 7) is 3.83. The van der Waals surface area contributed by atoms with Crippen LogP contribution >= 0.6 is 11.3 Å². The van der Waals surface area contributed by atoms with Gasteiger partial charge in [0.25, 0.3) is 0 Å². The molecule has 0 aliphatic heterocycles. The number of hydrogen-bond donors (Lipinski definition) is 1. The molecule has 2 aromatic heterocycles. The Bertz CT molecular complexity index is 556. The average molecular weight is 237 g/mol. The molecular formula is C10H11N3O2S. The Balaban J connectivity index is 2.65. The number of carbonyl (C=O) groups is 1. The van der Waals surface area contributed by atoms with Crippen molar-refractivity contribution in [1.29, 1.82) is 0 Å². The monoisotopic (exact) mass is 237 g/mol. The molecule has 84 valence electrons. The molecule has 16 heavy (non-hydrogen) atoms. The summed E-state index contributed by atoms with van der Waals surface area (Å²) in [5.74, 6) is -0.986. The fourth-order valence-corrected chi connectivity index (χ4v) is 2.48. The van der Waals surface area contributed by atoms with Gasteiger partial charge in [-0.25, -0.2) is 9.78 Å². The van der Waals surface area contributed by atoms with E-state index in [-0.39, 0.29) is 5.69 Å². The summed E-state index contributed by atoms with van der Waals surface area (Å²) in [4.78, 5) is 16.5. The zero-order valence-corrected chi connectivity index (χ0v) is 10.00. The fourth-order valence-electron chi connectivity index (χ4n) is 1.64. The number of aryl methyl sites for hydroxylation is 3. The molecule has 2 aromatic rings. The Morgan fingerprint density at radius 3 is 2.69 bits per heavy atom. The normalized spacial score (nSPS) is 10.7. The van der Waals surface area contributed by atoms with Gasteiger partial charge in [-0.1, -0.05) is 0 Å². The molecule has 0 aromatic carbocycles. The van der Waals surface area contributed by atoms with Crippen LogP contribution in [0.25, 0.3) is 11.3 Å². The van der Waals surface area contributed by atoms with Crippen molar-refractivity contribution < 1.29 is 9.90 Å². The minimum atomic E-state index is -0.986. The zero-order valence-electron chi connectivity index (χ0n) is 9.18. The molecular weight excluding hydrogens is 226 g/mol. The zero-order chi connectivity index (χ0) is 11.9. The van der Waals surface area contributed by atoms with Crippen LogP contribution in [0, 0.1) is 13.8 Å². The Hall–Kier alpha value is -1.69. The van der Waals surface area contributed by atoms with Crippen LogP contribution in [-0.4, -0.2) is 25.8 Å². The largest absolute Gasteiger partial charge is 0.477 e. The highest BCUT2D eigenvalue weighted by Crippen LogP contribution is 2.29. The highest BCUT2D eigenvalue weighted by molar-refractivity contribution is 7.11. The number of aromatic nitrogens is 3. The third kappa shape index (κ3) is 1.61. The minimum Gasteiger partial charge on any atom is -0.477 e. The van der Waals surface area contributed by atoms with Crippen molar-refractivity contribution in [2.24, 2.45) is 7.05 Å². The molecule has 0 aliphatic rings. The maximum atomic E-state index is 11.1. The van der Waals surface area contributed by atoms with Crippen molar-refractivity contribution in [3.63, 3.8) is 0 Å². The van der Waals surface area contributed by atoms with E-state index in [9.17, 15) is 4.79 Å². The molecule has 0 saturated heterocycles. The van der Waals surface area contributed by atoms with Crippen LogP contribution in [0.2, 0.25) is 0 Å². The molecule has 0 amide bonds. The lowest BCUT2D eigenvalue weighted by molar-refractivity contribution is 0.0686. The lowest BCUT2D eigenvalue weighted by atomic mass is 10.1. The topological polar surface area (TPSA) is 68.0 Å². The maximum Gasteiger partial charge on any atom is 0.354 e. The van der Waals surface area contributed by atoms with E-state index in [1.54, 1.807) is 24.6 Å². The smallest absolute Gasteiger partial charge is 0.354 e. The first kappa shape index (κ1) is 10.8. The van der Waals surface area contributed by atoms with E-state index in [2.05, 4.69) is 10.1 Å². The van der Waals surface area contributed by atoms with Gasteiger partial charge in [-0.3, -0.25) is 4.68 Å². The predicted octanol–water partition coefficient (Wildman–Crippen LogP) is 1.86. The third-order valence-corrected chi connectivity index (χ3v) is 3.19. The Morgan fingerprint density at radius 1 is 1.50 bits per heavy atom. The fraction of sp³-hybridized carbons (Fsp3) is 0.300. The van der Waals surface area contributed by atoms with Gasteiger partial charge in [-0.15, -0.1) is 11.3 Å². The van der Waals surface area contributed by atoms with Gasteiger partial charge in [0.05, 0.1) is 22.5 Å². The molecule has 0 saturated carbocycles.